The van der Waals surface area contributed by atoms with Crippen molar-refractivity contribution < 1.29 is 18.6 Å². The number of hydrogen-bond donors (Lipinski definition) is 1. The summed E-state index contributed by atoms with van der Waals surface area (Å²) < 4.78 is 31.9. The van der Waals surface area contributed by atoms with E-state index in [0.29, 0.717) is 11.3 Å². The summed E-state index contributed by atoms with van der Waals surface area (Å²) >= 11 is 0. The summed E-state index contributed by atoms with van der Waals surface area (Å²) in [6.07, 6.45) is 1.34. The van der Waals surface area contributed by atoms with Crippen molar-refractivity contribution in [1.29, 1.82) is 0 Å². The molecule has 18 heavy (non-hydrogen) atoms. The first-order valence-corrected chi connectivity index (χ1v) is 5.30. The molecule has 0 amide bonds. The van der Waals surface area contributed by atoms with E-state index >= 15 is 0 Å². The van der Waals surface area contributed by atoms with Crippen LogP contribution in [0.1, 0.15) is 11.1 Å². The van der Waals surface area contributed by atoms with E-state index in [1.807, 2.05) is 0 Å². The Bertz CT molecular complexity index is 573. The molecule has 94 valence electrons. The molecule has 2 aromatic rings. The van der Waals surface area contributed by atoms with Gasteiger partial charge in [-0.2, -0.15) is 0 Å². The Morgan fingerprint density at radius 2 is 2.06 bits per heavy atom. The number of pyridine rings is 1. The van der Waals surface area contributed by atoms with Crippen molar-refractivity contribution in [2.75, 3.05) is 0 Å². The van der Waals surface area contributed by atoms with Gasteiger partial charge in [0, 0.05) is 11.8 Å². The van der Waals surface area contributed by atoms with E-state index in [1.54, 1.807) is 6.92 Å². The summed E-state index contributed by atoms with van der Waals surface area (Å²) in [7, 11) is 0. The molecule has 3 nitrogen and oxygen atoms in total. The molecule has 1 heterocycles. The summed E-state index contributed by atoms with van der Waals surface area (Å²) in [5.41, 5.74) is 0.630. The van der Waals surface area contributed by atoms with E-state index in [-0.39, 0.29) is 11.4 Å². The number of rotatable bonds is 3. The maximum Gasteiger partial charge on any atom is 0.256 e. The van der Waals surface area contributed by atoms with Gasteiger partial charge in [0.1, 0.15) is 11.6 Å². The molecule has 2 rings (SSSR count). The molecule has 0 unspecified atom stereocenters. The van der Waals surface area contributed by atoms with Crippen LogP contribution in [0.25, 0.3) is 0 Å². The van der Waals surface area contributed by atoms with Crippen LogP contribution in [0.15, 0.2) is 30.5 Å². The van der Waals surface area contributed by atoms with Gasteiger partial charge in [0.15, 0.2) is 5.82 Å². The van der Waals surface area contributed by atoms with E-state index in [4.69, 9.17) is 9.84 Å². The first kappa shape index (κ1) is 12.4. The SMILES string of the molecule is Cc1cc(F)ccc1Oc1nccc(CO)c1F. The van der Waals surface area contributed by atoms with Crippen LogP contribution in [0.2, 0.25) is 0 Å². The standard InChI is InChI=1S/C13H11F2NO2/c1-8-6-10(14)2-3-11(8)18-13-12(15)9(7-17)4-5-16-13/h2-6,17H,7H2,1H3. The normalized spacial score (nSPS) is 10.4. The van der Waals surface area contributed by atoms with Gasteiger partial charge in [-0.05, 0) is 36.8 Å². The van der Waals surface area contributed by atoms with Gasteiger partial charge in [-0.15, -0.1) is 0 Å². The van der Waals surface area contributed by atoms with Crippen LogP contribution in [0.3, 0.4) is 0 Å². The Balaban J connectivity index is 2.34. The van der Waals surface area contributed by atoms with Crippen LogP contribution in [0.5, 0.6) is 11.6 Å². The van der Waals surface area contributed by atoms with Gasteiger partial charge in [-0.25, -0.2) is 13.8 Å². The predicted molar refractivity (Wildman–Crippen MR) is 61.3 cm³/mol. The number of aliphatic hydroxyl groups is 1. The molecule has 0 saturated carbocycles. The van der Waals surface area contributed by atoms with Gasteiger partial charge in [0.25, 0.3) is 5.88 Å². The van der Waals surface area contributed by atoms with E-state index in [9.17, 15) is 8.78 Å². The Kier molecular flexibility index (Phi) is 3.53. The maximum absolute atomic E-state index is 13.7. The fourth-order valence-corrected chi connectivity index (χ4v) is 1.49. The van der Waals surface area contributed by atoms with Crippen molar-refractivity contribution >= 4 is 0 Å². The minimum Gasteiger partial charge on any atom is -0.436 e. The Morgan fingerprint density at radius 3 is 2.72 bits per heavy atom. The largest absolute Gasteiger partial charge is 0.436 e. The van der Waals surface area contributed by atoms with Crippen LogP contribution in [-0.4, -0.2) is 10.1 Å². The molecule has 1 aromatic carbocycles. The van der Waals surface area contributed by atoms with Crippen LogP contribution >= 0.6 is 0 Å². The van der Waals surface area contributed by atoms with E-state index in [1.165, 1.54) is 30.5 Å². The van der Waals surface area contributed by atoms with Crippen molar-refractivity contribution in [2.24, 2.45) is 0 Å². The second kappa shape index (κ2) is 5.10. The van der Waals surface area contributed by atoms with Crippen molar-refractivity contribution in [2.45, 2.75) is 13.5 Å². The average molecular weight is 251 g/mol. The zero-order chi connectivity index (χ0) is 13.1. The molecule has 0 spiro atoms. The fraction of sp³-hybridized carbons (Fsp3) is 0.154. The van der Waals surface area contributed by atoms with Gasteiger partial charge in [-0.3, -0.25) is 0 Å². The number of hydrogen-bond acceptors (Lipinski definition) is 3. The predicted octanol–water partition coefficient (Wildman–Crippen LogP) is 2.95. The topological polar surface area (TPSA) is 42.4 Å². The second-order valence-corrected chi connectivity index (χ2v) is 3.76. The molecular weight excluding hydrogens is 240 g/mol. The summed E-state index contributed by atoms with van der Waals surface area (Å²) in [6, 6.07) is 5.26. The van der Waals surface area contributed by atoms with Crippen LogP contribution in [0, 0.1) is 18.6 Å². The molecule has 0 radical (unpaired) electrons. The van der Waals surface area contributed by atoms with Crippen LogP contribution < -0.4 is 4.74 Å². The third kappa shape index (κ3) is 2.46. The first-order valence-electron chi connectivity index (χ1n) is 5.30. The third-order valence-electron chi connectivity index (χ3n) is 2.45. The molecule has 0 aliphatic rings. The minimum absolute atomic E-state index is 0.0970. The van der Waals surface area contributed by atoms with Crippen molar-refractivity contribution in [3.63, 3.8) is 0 Å². The lowest BCUT2D eigenvalue weighted by atomic mass is 10.2. The lowest BCUT2D eigenvalue weighted by molar-refractivity contribution is 0.273. The average Bonchev–Trinajstić information content (AvgIpc) is 2.35. The molecule has 5 heteroatoms. The zero-order valence-electron chi connectivity index (χ0n) is 9.65. The number of aromatic nitrogens is 1. The van der Waals surface area contributed by atoms with Crippen LogP contribution in [0.4, 0.5) is 8.78 Å². The smallest absolute Gasteiger partial charge is 0.256 e. The summed E-state index contributed by atoms with van der Waals surface area (Å²) in [5, 5.41) is 8.93. The summed E-state index contributed by atoms with van der Waals surface area (Å²) in [6.45, 7) is 1.21. The Hall–Kier alpha value is -2.01. The maximum atomic E-state index is 13.7. The second-order valence-electron chi connectivity index (χ2n) is 3.76. The molecule has 1 N–H and O–H groups in total. The molecule has 0 saturated heterocycles. The summed E-state index contributed by atoms with van der Waals surface area (Å²) in [4.78, 5) is 3.74. The van der Waals surface area contributed by atoms with E-state index in [0.717, 1.165) is 0 Å². The highest BCUT2D eigenvalue weighted by molar-refractivity contribution is 5.36. The molecule has 1 aromatic heterocycles. The van der Waals surface area contributed by atoms with Crippen molar-refractivity contribution in [3.05, 3.63) is 53.2 Å². The van der Waals surface area contributed by atoms with Gasteiger partial charge >= 0.3 is 0 Å². The molecule has 0 aliphatic carbocycles. The number of aryl methyl sites for hydroxylation is 1. The van der Waals surface area contributed by atoms with E-state index < -0.39 is 18.2 Å². The number of nitrogens with zero attached hydrogens (tertiary/aromatic N) is 1. The molecule has 0 bridgehead atoms. The lowest BCUT2D eigenvalue weighted by Crippen LogP contribution is -1.98. The molecule has 0 fully saturated rings. The highest BCUT2D eigenvalue weighted by Crippen LogP contribution is 2.27. The fourth-order valence-electron chi connectivity index (χ4n) is 1.49. The minimum atomic E-state index is -0.719. The number of ether oxygens (including phenoxy) is 1. The van der Waals surface area contributed by atoms with Gasteiger partial charge in [0.2, 0.25) is 0 Å². The quantitative estimate of drug-likeness (QED) is 0.911. The lowest BCUT2D eigenvalue weighted by Gasteiger charge is -2.09. The number of aliphatic hydroxyl groups excluding tert-OH is 1. The Labute approximate surface area is 103 Å². The van der Waals surface area contributed by atoms with Gasteiger partial charge in [-0.1, -0.05) is 0 Å². The number of benzene rings is 1. The van der Waals surface area contributed by atoms with Gasteiger partial charge < -0.3 is 9.84 Å². The van der Waals surface area contributed by atoms with Crippen molar-refractivity contribution in [1.82, 2.24) is 4.98 Å². The monoisotopic (exact) mass is 251 g/mol. The Morgan fingerprint density at radius 1 is 1.28 bits per heavy atom. The third-order valence-corrected chi connectivity index (χ3v) is 2.45. The van der Waals surface area contributed by atoms with Crippen LogP contribution in [-0.2, 0) is 6.61 Å². The van der Waals surface area contributed by atoms with Gasteiger partial charge in [0.05, 0.1) is 6.61 Å². The summed E-state index contributed by atoms with van der Waals surface area (Å²) in [5.74, 6) is -1.03. The first-order chi connectivity index (χ1) is 8.61. The number of halogens is 2. The van der Waals surface area contributed by atoms with E-state index in [2.05, 4.69) is 4.98 Å². The zero-order valence-corrected chi connectivity index (χ0v) is 9.65. The highest BCUT2D eigenvalue weighted by atomic mass is 19.1. The molecular formula is C13H11F2NO2. The molecule has 0 aliphatic heterocycles. The molecule has 0 atom stereocenters. The highest BCUT2D eigenvalue weighted by Gasteiger charge is 2.12. The van der Waals surface area contributed by atoms with Crippen molar-refractivity contribution in [3.8, 4) is 11.6 Å².